The molecule has 0 bridgehead atoms. The fourth-order valence-corrected chi connectivity index (χ4v) is 2.10. The summed E-state index contributed by atoms with van der Waals surface area (Å²) in [5.74, 6) is -26.1. The number of carbonyl (C=O) groups is 4. The summed E-state index contributed by atoms with van der Waals surface area (Å²) in [4.78, 5) is 44.7. The molecule has 2 atom stereocenters. The smallest absolute Gasteiger partial charge is 0.460 e. The molecular formula is C14H16F7NO7. The van der Waals surface area contributed by atoms with E-state index in [-0.39, 0.29) is 0 Å². The van der Waals surface area contributed by atoms with Gasteiger partial charge in [-0.25, -0.2) is 0 Å². The second kappa shape index (κ2) is 8.92. The van der Waals surface area contributed by atoms with Crippen molar-refractivity contribution < 1.29 is 65.2 Å². The first-order valence-electron chi connectivity index (χ1n) is 7.60. The highest BCUT2D eigenvalue weighted by atomic mass is 19.4. The van der Waals surface area contributed by atoms with Crippen molar-refractivity contribution in [2.75, 3.05) is 0 Å². The van der Waals surface area contributed by atoms with E-state index in [4.69, 9.17) is 15.3 Å². The summed E-state index contributed by atoms with van der Waals surface area (Å²) in [7, 11) is 0. The molecule has 0 aromatic carbocycles. The number of carboxylic acids is 3. The molecule has 0 aromatic rings. The third-order valence-corrected chi connectivity index (χ3v) is 3.76. The maximum atomic E-state index is 13.7. The van der Waals surface area contributed by atoms with E-state index in [0.29, 0.717) is 0 Å². The van der Waals surface area contributed by atoms with Crippen LogP contribution in [0.15, 0.2) is 0 Å². The van der Waals surface area contributed by atoms with Crippen LogP contribution in [0.4, 0.5) is 30.7 Å². The molecule has 0 saturated carbocycles. The number of hydrogen-bond acceptors (Lipinski definition) is 5. The molecule has 4 N–H and O–H groups in total. The Morgan fingerprint density at radius 2 is 1.24 bits per heavy atom. The molecule has 0 heterocycles. The number of rotatable bonds is 11. The summed E-state index contributed by atoms with van der Waals surface area (Å²) >= 11 is 0. The van der Waals surface area contributed by atoms with E-state index in [2.05, 4.69) is 0 Å². The van der Waals surface area contributed by atoms with Gasteiger partial charge in [-0.05, 0) is 12.3 Å². The molecule has 0 radical (unpaired) electrons. The number of alkyl halides is 7. The number of carboxylic acid groups (broad SMARTS) is 3. The minimum atomic E-state index is -6.81. The Morgan fingerprint density at radius 3 is 1.52 bits per heavy atom. The largest absolute Gasteiger partial charge is 0.481 e. The van der Waals surface area contributed by atoms with Crippen LogP contribution in [0.2, 0.25) is 0 Å². The number of Topliss-reactive ketones (excluding diaryl/α,β-unsaturated/α-hetero) is 1. The van der Waals surface area contributed by atoms with Crippen LogP contribution >= 0.6 is 0 Å². The van der Waals surface area contributed by atoms with E-state index >= 15 is 0 Å². The van der Waals surface area contributed by atoms with Crippen molar-refractivity contribution >= 4 is 23.7 Å². The lowest BCUT2D eigenvalue weighted by Gasteiger charge is -2.32. The lowest BCUT2D eigenvalue weighted by atomic mass is 9.90. The van der Waals surface area contributed by atoms with Crippen molar-refractivity contribution in [2.24, 2.45) is 11.8 Å². The van der Waals surface area contributed by atoms with Gasteiger partial charge in [0, 0.05) is 0 Å². The predicted octanol–water partition coefficient (Wildman–Crippen LogP) is 1.63. The predicted molar refractivity (Wildman–Crippen MR) is 77.5 cm³/mol. The fraction of sp³-hybridized carbons (Fsp3) is 0.714. The molecular weight excluding hydrogens is 427 g/mol. The first kappa shape index (κ1) is 26.6. The second-order valence-corrected chi connectivity index (χ2v) is 6.25. The minimum Gasteiger partial charge on any atom is -0.481 e. The molecule has 29 heavy (non-hydrogen) atoms. The zero-order chi connectivity index (χ0) is 23.5. The third-order valence-electron chi connectivity index (χ3n) is 3.76. The molecule has 0 aliphatic heterocycles. The molecule has 0 amide bonds. The van der Waals surface area contributed by atoms with Gasteiger partial charge in [0.1, 0.15) is 6.04 Å². The quantitative estimate of drug-likeness (QED) is 0.279. The van der Waals surface area contributed by atoms with Gasteiger partial charge in [0.25, 0.3) is 0 Å². The normalized spacial score (nSPS) is 15.3. The second-order valence-electron chi connectivity index (χ2n) is 6.25. The van der Waals surface area contributed by atoms with E-state index < -0.39 is 72.1 Å². The maximum absolute atomic E-state index is 13.7. The molecule has 0 spiro atoms. The third kappa shape index (κ3) is 5.77. The SMILES string of the molecule is CC(C)C(N[C@@H](CC(C(=O)O)C(=O)O)C(=O)O)C(=O)C(F)(F)C(F)(F)C(F)(F)F. The molecule has 15 heteroatoms. The molecule has 0 fully saturated rings. The standard InChI is InChI=1S/C14H16F7NO7/c1-4(2)7(8(23)12(15,16)13(17,18)14(19,20)21)22-6(11(28)29)3-5(9(24)25)10(26)27/h4-7,22H,3H2,1-2H3,(H,24,25)(H,26,27)(H,28,29)/t6-,7?/m0/s1. The molecule has 168 valence electrons. The number of halogens is 7. The van der Waals surface area contributed by atoms with Gasteiger partial charge in [-0.15, -0.1) is 0 Å². The van der Waals surface area contributed by atoms with Crippen molar-refractivity contribution in [3.63, 3.8) is 0 Å². The number of carbonyl (C=O) groups excluding carboxylic acids is 1. The number of nitrogens with one attached hydrogen (secondary N) is 1. The summed E-state index contributed by atoms with van der Waals surface area (Å²) in [5.41, 5.74) is 0. The zero-order valence-electron chi connectivity index (χ0n) is 14.6. The summed E-state index contributed by atoms with van der Waals surface area (Å²) in [6, 6.07) is -4.96. The summed E-state index contributed by atoms with van der Waals surface area (Å²) < 4.78 is 90.4. The van der Waals surface area contributed by atoms with Crippen molar-refractivity contribution in [3.05, 3.63) is 0 Å². The summed E-state index contributed by atoms with van der Waals surface area (Å²) in [6.45, 7) is 1.81. The van der Waals surface area contributed by atoms with Gasteiger partial charge in [0.2, 0.25) is 5.78 Å². The average Bonchev–Trinajstić information content (AvgIpc) is 2.51. The van der Waals surface area contributed by atoms with Crippen LogP contribution in [-0.4, -0.2) is 69.1 Å². The lowest BCUT2D eigenvalue weighted by Crippen LogP contribution is -2.63. The van der Waals surface area contributed by atoms with Crippen molar-refractivity contribution in [3.8, 4) is 0 Å². The highest BCUT2D eigenvalue weighted by Crippen LogP contribution is 2.47. The van der Waals surface area contributed by atoms with E-state index in [1.165, 1.54) is 0 Å². The van der Waals surface area contributed by atoms with Gasteiger partial charge < -0.3 is 15.3 Å². The first-order chi connectivity index (χ1) is 12.8. The molecule has 0 aliphatic carbocycles. The van der Waals surface area contributed by atoms with E-state index in [1.54, 1.807) is 5.32 Å². The van der Waals surface area contributed by atoms with Gasteiger partial charge in [-0.3, -0.25) is 24.5 Å². The van der Waals surface area contributed by atoms with Gasteiger partial charge in [0.15, 0.2) is 5.92 Å². The Morgan fingerprint density at radius 1 is 0.828 bits per heavy atom. The monoisotopic (exact) mass is 443 g/mol. The van der Waals surface area contributed by atoms with Gasteiger partial charge in [-0.1, -0.05) is 13.8 Å². The Hall–Kier alpha value is -2.45. The molecule has 0 aliphatic rings. The van der Waals surface area contributed by atoms with Crippen molar-refractivity contribution in [1.82, 2.24) is 5.32 Å². The lowest BCUT2D eigenvalue weighted by molar-refractivity contribution is -0.344. The highest BCUT2D eigenvalue weighted by Gasteiger charge is 2.76. The van der Waals surface area contributed by atoms with Crippen LogP contribution in [0.1, 0.15) is 20.3 Å². The van der Waals surface area contributed by atoms with Crippen molar-refractivity contribution in [2.45, 2.75) is 50.4 Å². The van der Waals surface area contributed by atoms with Gasteiger partial charge >= 0.3 is 35.9 Å². The topological polar surface area (TPSA) is 141 Å². The minimum absolute atomic E-state index is 0.905. The molecule has 1 unspecified atom stereocenters. The fourth-order valence-electron chi connectivity index (χ4n) is 2.10. The van der Waals surface area contributed by atoms with Crippen LogP contribution in [-0.2, 0) is 19.2 Å². The molecule has 8 nitrogen and oxygen atoms in total. The van der Waals surface area contributed by atoms with Crippen LogP contribution < -0.4 is 5.32 Å². The molecule has 0 aromatic heterocycles. The summed E-state index contributed by atoms with van der Waals surface area (Å²) in [5, 5.41) is 28.1. The van der Waals surface area contributed by atoms with E-state index in [9.17, 15) is 49.9 Å². The molecule has 0 rings (SSSR count). The van der Waals surface area contributed by atoms with Crippen LogP contribution in [0.25, 0.3) is 0 Å². The molecule has 0 saturated heterocycles. The van der Waals surface area contributed by atoms with E-state index in [0.717, 1.165) is 13.8 Å². The van der Waals surface area contributed by atoms with Crippen LogP contribution in [0, 0.1) is 11.8 Å². The average molecular weight is 443 g/mol. The Labute approximate surface area is 157 Å². The Bertz CT molecular complexity index is 649. The zero-order valence-corrected chi connectivity index (χ0v) is 14.6. The number of ketones is 1. The van der Waals surface area contributed by atoms with Gasteiger partial charge in [-0.2, -0.15) is 30.7 Å². The highest BCUT2D eigenvalue weighted by molar-refractivity contribution is 5.94. The van der Waals surface area contributed by atoms with Crippen LogP contribution in [0.3, 0.4) is 0 Å². The first-order valence-corrected chi connectivity index (χ1v) is 7.60. The summed E-state index contributed by atoms with van der Waals surface area (Å²) in [6.07, 6.45) is -8.13. The number of hydrogen-bond donors (Lipinski definition) is 4. The Balaban J connectivity index is 5.96. The maximum Gasteiger partial charge on any atom is 0.460 e. The van der Waals surface area contributed by atoms with Crippen molar-refractivity contribution in [1.29, 1.82) is 0 Å². The Kier molecular flexibility index (Phi) is 8.17. The van der Waals surface area contributed by atoms with E-state index in [1.807, 2.05) is 0 Å². The van der Waals surface area contributed by atoms with Crippen LogP contribution in [0.5, 0.6) is 0 Å². The number of aliphatic carboxylic acids is 3. The van der Waals surface area contributed by atoms with Gasteiger partial charge in [0.05, 0.1) is 6.04 Å².